The second kappa shape index (κ2) is 10.6. The Kier molecular flexibility index (Phi) is 8.11. The number of amides is 1. The first-order chi connectivity index (χ1) is 15.6. The number of carbonyl (C=O) groups excluding carboxylic acids is 1. The molecule has 9 nitrogen and oxygen atoms in total. The maximum Gasteiger partial charge on any atom is 0.243 e. The van der Waals surface area contributed by atoms with E-state index in [9.17, 15) is 21.6 Å². The molecule has 1 fully saturated rings. The summed E-state index contributed by atoms with van der Waals surface area (Å²) in [7, 11) is -7.38. The van der Waals surface area contributed by atoms with E-state index < -0.39 is 32.0 Å². The SMILES string of the molecule is CCOc1ccc(S(=O)(=O)N[C@H](C)C(=O)NCc2ccc(S(=O)(=O)N3CCCC3)cc2)cc1. The van der Waals surface area contributed by atoms with Crippen molar-refractivity contribution in [2.24, 2.45) is 0 Å². The number of carbonyl (C=O) groups is 1. The lowest BCUT2D eigenvalue weighted by Gasteiger charge is -2.16. The van der Waals surface area contributed by atoms with Gasteiger partial charge < -0.3 is 10.1 Å². The molecule has 1 amide bonds. The van der Waals surface area contributed by atoms with Gasteiger partial charge in [-0.1, -0.05) is 12.1 Å². The van der Waals surface area contributed by atoms with E-state index in [1.54, 1.807) is 24.3 Å². The van der Waals surface area contributed by atoms with Gasteiger partial charge in [-0.3, -0.25) is 4.79 Å². The van der Waals surface area contributed by atoms with E-state index in [2.05, 4.69) is 10.0 Å². The van der Waals surface area contributed by atoms with Gasteiger partial charge in [0.1, 0.15) is 5.75 Å². The van der Waals surface area contributed by atoms with Crippen molar-refractivity contribution in [1.82, 2.24) is 14.3 Å². The number of nitrogens with one attached hydrogen (secondary N) is 2. The minimum atomic E-state index is -3.89. The summed E-state index contributed by atoms with van der Waals surface area (Å²) in [6, 6.07) is 11.2. The van der Waals surface area contributed by atoms with Crippen LogP contribution in [0.3, 0.4) is 0 Å². The average Bonchev–Trinajstić information content (AvgIpc) is 3.34. The van der Waals surface area contributed by atoms with Gasteiger partial charge in [-0.05, 0) is 68.7 Å². The Balaban J connectivity index is 1.55. The summed E-state index contributed by atoms with van der Waals surface area (Å²) < 4.78 is 59.4. The van der Waals surface area contributed by atoms with Crippen molar-refractivity contribution in [3.05, 3.63) is 54.1 Å². The molecule has 0 aliphatic carbocycles. The number of rotatable bonds is 10. The summed E-state index contributed by atoms with van der Waals surface area (Å²) in [4.78, 5) is 12.7. The first-order valence-corrected chi connectivity index (χ1v) is 13.7. The molecular weight excluding hydrogens is 466 g/mol. The van der Waals surface area contributed by atoms with Crippen LogP contribution in [0.2, 0.25) is 0 Å². The van der Waals surface area contributed by atoms with Crippen LogP contribution in [-0.2, 0) is 31.4 Å². The molecule has 0 spiro atoms. The van der Waals surface area contributed by atoms with Crippen LogP contribution < -0.4 is 14.8 Å². The summed E-state index contributed by atoms with van der Waals surface area (Å²) in [5.41, 5.74) is 0.699. The van der Waals surface area contributed by atoms with E-state index in [0.29, 0.717) is 31.0 Å². The quantitative estimate of drug-likeness (QED) is 0.519. The van der Waals surface area contributed by atoms with Crippen molar-refractivity contribution in [2.75, 3.05) is 19.7 Å². The molecule has 1 heterocycles. The maximum absolute atomic E-state index is 12.6. The molecule has 2 aromatic carbocycles. The molecule has 11 heteroatoms. The van der Waals surface area contributed by atoms with Crippen molar-refractivity contribution in [3.8, 4) is 5.75 Å². The van der Waals surface area contributed by atoms with Gasteiger partial charge in [0.2, 0.25) is 26.0 Å². The van der Waals surface area contributed by atoms with Crippen molar-refractivity contribution >= 4 is 26.0 Å². The minimum Gasteiger partial charge on any atom is -0.494 e. The largest absolute Gasteiger partial charge is 0.494 e. The van der Waals surface area contributed by atoms with Crippen molar-refractivity contribution in [2.45, 2.75) is 49.1 Å². The summed E-state index contributed by atoms with van der Waals surface area (Å²) in [6.07, 6.45) is 1.73. The molecule has 1 aliphatic heterocycles. The number of hydrogen-bond donors (Lipinski definition) is 2. The molecule has 0 aromatic heterocycles. The van der Waals surface area contributed by atoms with Crippen molar-refractivity contribution in [3.63, 3.8) is 0 Å². The molecule has 0 unspecified atom stereocenters. The molecule has 0 bridgehead atoms. The van der Waals surface area contributed by atoms with E-state index in [1.807, 2.05) is 6.92 Å². The summed E-state index contributed by atoms with van der Waals surface area (Å²) in [5.74, 6) is 0.0553. The Morgan fingerprint density at radius 1 is 0.970 bits per heavy atom. The maximum atomic E-state index is 12.6. The van der Waals surface area contributed by atoms with Crippen LogP contribution in [0.1, 0.15) is 32.3 Å². The zero-order valence-electron chi connectivity index (χ0n) is 18.7. The molecule has 33 heavy (non-hydrogen) atoms. The van der Waals surface area contributed by atoms with Crippen molar-refractivity contribution in [1.29, 1.82) is 0 Å². The van der Waals surface area contributed by atoms with Gasteiger partial charge in [0.05, 0.1) is 22.4 Å². The molecule has 0 saturated carbocycles. The Morgan fingerprint density at radius 3 is 2.12 bits per heavy atom. The van der Waals surface area contributed by atoms with Gasteiger partial charge in [-0.25, -0.2) is 16.8 Å². The first kappa shape index (κ1) is 25.2. The molecule has 1 atom stereocenters. The molecule has 1 aliphatic rings. The fourth-order valence-corrected chi connectivity index (χ4v) is 6.16. The van der Waals surface area contributed by atoms with Crippen LogP contribution in [-0.4, -0.2) is 52.8 Å². The van der Waals surface area contributed by atoms with E-state index in [1.165, 1.54) is 35.5 Å². The van der Waals surface area contributed by atoms with E-state index in [-0.39, 0.29) is 16.3 Å². The molecule has 180 valence electrons. The number of sulfonamides is 2. The molecule has 0 radical (unpaired) electrons. The number of nitrogens with zero attached hydrogens (tertiary/aromatic N) is 1. The second-order valence-electron chi connectivity index (χ2n) is 7.72. The second-order valence-corrected chi connectivity index (χ2v) is 11.4. The van der Waals surface area contributed by atoms with Crippen LogP contribution >= 0.6 is 0 Å². The topological polar surface area (TPSA) is 122 Å². The Morgan fingerprint density at radius 2 is 1.55 bits per heavy atom. The molecule has 2 aromatic rings. The summed E-state index contributed by atoms with van der Waals surface area (Å²) in [6.45, 7) is 4.95. The molecule has 2 N–H and O–H groups in total. The minimum absolute atomic E-state index is 0.0282. The third-order valence-corrected chi connectivity index (χ3v) is 8.73. The third kappa shape index (κ3) is 6.32. The normalized spacial score (nSPS) is 15.8. The zero-order valence-corrected chi connectivity index (χ0v) is 20.3. The fourth-order valence-electron chi connectivity index (χ4n) is 3.44. The van der Waals surface area contributed by atoms with Crippen molar-refractivity contribution < 1.29 is 26.4 Å². The van der Waals surface area contributed by atoms with Crippen LogP contribution in [0.25, 0.3) is 0 Å². The number of ether oxygens (including phenoxy) is 1. The van der Waals surface area contributed by atoms with Gasteiger partial charge in [0, 0.05) is 19.6 Å². The highest BCUT2D eigenvalue weighted by molar-refractivity contribution is 7.89. The first-order valence-electron chi connectivity index (χ1n) is 10.8. The van der Waals surface area contributed by atoms with E-state index >= 15 is 0 Å². The third-order valence-electron chi connectivity index (χ3n) is 5.26. The lowest BCUT2D eigenvalue weighted by Crippen LogP contribution is -2.44. The van der Waals surface area contributed by atoms with Gasteiger partial charge >= 0.3 is 0 Å². The van der Waals surface area contributed by atoms with Crippen LogP contribution in [0, 0.1) is 0 Å². The number of hydrogen-bond acceptors (Lipinski definition) is 6. The molecule has 3 rings (SSSR count). The zero-order chi connectivity index (χ0) is 24.1. The highest BCUT2D eigenvalue weighted by Crippen LogP contribution is 2.21. The highest BCUT2D eigenvalue weighted by Gasteiger charge is 2.27. The monoisotopic (exact) mass is 495 g/mol. The summed E-state index contributed by atoms with van der Waals surface area (Å²) >= 11 is 0. The van der Waals surface area contributed by atoms with Crippen LogP contribution in [0.4, 0.5) is 0 Å². The highest BCUT2D eigenvalue weighted by atomic mass is 32.2. The predicted octanol–water partition coefficient (Wildman–Crippen LogP) is 1.85. The van der Waals surface area contributed by atoms with Gasteiger partial charge in [-0.15, -0.1) is 0 Å². The number of benzene rings is 2. The smallest absolute Gasteiger partial charge is 0.243 e. The van der Waals surface area contributed by atoms with E-state index in [4.69, 9.17) is 4.74 Å². The van der Waals surface area contributed by atoms with Gasteiger partial charge in [0.25, 0.3) is 0 Å². The lowest BCUT2D eigenvalue weighted by atomic mass is 10.2. The Bertz CT molecular complexity index is 1160. The standard InChI is InChI=1S/C22H29N3O6S2/c1-3-31-19-8-12-20(13-9-19)32(27,28)24-17(2)22(26)23-16-18-6-10-21(11-7-18)33(29,30)25-14-4-5-15-25/h6-13,17,24H,3-5,14-16H2,1-2H3,(H,23,26)/t17-/m1/s1. The molecule has 1 saturated heterocycles. The van der Waals surface area contributed by atoms with Gasteiger partial charge in [0.15, 0.2) is 0 Å². The van der Waals surface area contributed by atoms with E-state index in [0.717, 1.165) is 12.8 Å². The molecular formula is C22H29N3O6S2. The Hall–Kier alpha value is -2.47. The Labute approximate surface area is 195 Å². The fraction of sp³-hybridized carbons (Fsp3) is 0.409. The average molecular weight is 496 g/mol. The van der Waals surface area contributed by atoms with Crippen LogP contribution in [0.15, 0.2) is 58.3 Å². The predicted molar refractivity (Wildman–Crippen MR) is 124 cm³/mol. The van der Waals surface area contributed by atoms with Crippen LogP contribution in [0.5, 0.6) is 5.75 Å². The lowest BCUT2D eigenvalue weighted by molar-refractivity contribution is -0.122. The summed E-state index contributed by atoms with van der Waals surface area (Å²) in [5, 5.41) is 2.67. The van der Waals surface area contributed by atoms with Gasteiger partial charge in [-0.2, -0.15) is 9.03 Å².